The Morgan fingerprint density at radius 1 is 1.15 bits per heavy atom. The molecule has 0 amide bonds. The number of halogens is 5. The number of hydrogen-bond donors (Lipinski definition) is 1. The van der Waals surface area contributed by atoms with E-state index in [0.29, 0.717) is 5.56 Å². The molecule has 0 saturated heterocycles. The Morgan fingerprint density at radius 3 is 2.55 bits per heavy atom. The number of aromatic nitrogens is 2. The van der Waals surface area contributed by atoms with Crippen LogP contribution in [-0.4, -0.2) is 9.97 Å². The molecule has 1 aromatic carbocycles. The minimum atomic E-state index is -4.61. The molecule has 8 heteroatoms. The maximum atomic E-state index is 13.0. The molecule has 106 valence electrons. The van der Waals surface area contributed by atoms with Gasteiger partial charge in [0.25, 0.3) is 0 Å². The normalized spacial score (nSPS) is 11.4. The highest BCUT2D eigenvalue weighted by molar-refractivity contribution is 6.28. The fourth-order valence-electron chi connectivity index (χ4n) is 1.49. The Morgan fingerprint density at radius 2 is 1.90 bits per heavy atom. The minimum Gasteiger partial charge on any atom is -0.366 e. The van der Waals surface area contributed by atoms with Crippen molar-refractivity contribution < 1.29 is 17.6 Å². The minimum absolute atomic E-state index is 0.0819. The Balaban J connectivity index is 2.16. The van der Waals surface area contributed by atoms with Crippen molar-refractivity contribution in [3.8, 4) is 0 Å². The first-order chi connectivity index (χ1) is 9.34. The quantitative estimate of drug-likeness (QED) is 0.690. The summed E-state index contributed by atoms with van der Waals surface area (Å²) in [5, 5.41) is 2.13. The summed E-state index contributed by atoms with van der Waals surface area (Å²) in [6, 6.07) is 6.41. The van der Waals surface area contributed by atoms with Crippen LogP contribution in [0.25, 0.3) is 0 Å². The third-order valence-electron chi connectivity index (χ3n) is 2.35. The van der Waals surface area contributed by atoms with Gasteiger partial charge < -0.3 is 5.32 Å². The summed E-state index contributed by atoms with van der Waals surface area (Å²) in [6.07, 6.45) is -4.61. The van der Waals surface area contributed by atoms with Gasteiger partial charge in [-0.15, -0.1) is 0 Å². The topological polar surface area (TPSA) is 37.8 Å². The lowest BCUT2D eigenvalue weighted by atomic mass is 10.2. The smallest absolute Gasteiger partial charge is 0.366 e. The van der Waals surface area contributed by atoms with Gasteiger partial charge >= 0.3 is 6.18 Å². The number of benzene rings is 1. The van der Waals surface area contributed by atoms with Crippen molar-refractivity contribution in [2.75, 3.05) is 5.32 Å². The molecule has 2 rings (SSSR count). The summed E-state index contributed by atoms with van der Waals surface area (Å²) in [6.45, 7) is 0.113. The van der Waals surface area contributed by atoms with Crippen LogP contribution in [0.3, 0.4) is 0 Å². The average Bonchev–Trinajstić information content (AvgIpc) is 2.35. The van der Waals surface area contributed by atoms with Crippen LogP contribution in [0.4, 0.5) is 23.4 Å². The van der Waals surface area contributed by atoms with E-state index in [4.69, 9.17) is 11.6 Å². The Kier molecular flexibility index (Phi) is 4.08. The summed E-state index contributed by atoms with van der Waals surface area (Å²) >= 11 is 5.44. The average molecular weight is 306 g/mol. The lowest BCUT2D eigenvalue weighted by Gasteiger charge is -2.10. The van der Waals surface area contributed by atoms with Crippen molar-refractivity contribution in [3.05, 3.63) is 52.7 Å². The van der Waals surface area contributed by atoms with Crippen molar-refractivity contribution in [2.24, 2.45) is 0 Å². The highest BCUT2D eigenvalue weighted by atomic mass is 35.5. The molecule has 20 heavy (non-hydrogen) atoms. The number of anilines is 1. The zero-order valence-corrected chi connectivity index (χ0v) is 10.6. The lowest BCUT2D eigenvalue weighted by Crippen LogP contribution is -2.11. The maximum Gasteiger partial charge on any atom is 0.433 e. The maximum absolute atomic E-state index is 13.0. The van der Waals surface area contributed by atoms with Crippen LogP contribution in [0, 0.1) is 5.82 Å². The van der Waals surface area contributed by atoms with Gasteiger partial charge in [-0.2, -0.15) is 13.2 Å². The summed E-state index contributed by atoms with van der Waals surface area (Å²) in [5.41, 5.74) is -0.576. The summed E-state index contributed by atoms with van der Waals surface area (Å²) in [5.74, 6) is -0.511. The highest BCUT2D eigenvalue weighted by Gasteiger charge is 2.33. The first kappa shape index (κ1) is 14.5. The Hall–Kier alpha value is -1.89. The molecule has 0 fully saturated rings. The predicted octanol–water partition coefficient (Wildman–Crippen LogP) is 3.90. The van der Waals surface area contributed by atoms with Gasteiger partial charge in [-0.1, -0.05) is 12.1 Å². The molecule has 3 nitrogen and oxygen atoms in total. The third-order valence-corrected chi connectivity index (χ3v) is 2.52. The van der Waals surface area contributed by atoms with Crippen molar-refractivity contribution in [2.45, 2.75) is 12.7 Å². The largest absolute Gasteiger partial charge is 0.433 e. The molecule has 0 bridgehead atoms. The first-order valence-electron chi connectivity index (χ1n) is 5.45. The number of nitrogens with zero attached hydrogens (tertiary/aromatic N) is 2. The van der Waals surface area contributed by atoms with Gasteiger partial charge in [0.15, 0.2) is 5.69 Å². The Bertz CT molecular complexity index is 616. The first-order valence-corrected chi connectivity index (χ1v) is 5.82. The van der Waals surface area contributed by atoms with Crippen molar-refractivity contribution in [1.29, 1.82) is 0 Å². The molecule has 1 heterocycles. The lowest BCUT2D eigenvalue weighted by molar-refractivity contribution is -0.141. The van der Waals surface area contributed by atoms with E-state index in [2.05, 4.69) is 15.3 Å². The van der Waals surface area contributed by atoms with E-state index in [1.54, 1.807) is 6.07 Å². The predicted molar refractivity (Wildman–Crippen MR) is 65.8 cm³/mol. The zero-order valence-electron chi connectivity index (χ0n) is 9.88. The van der Waals surface area contributed by atoms with Crippen molar-refractivity contribution in [1.82, 2.24) is 9.97 Å². The van der Waals surface area contributed by atoms with Crippen LogP contribution in [-0.2, 0) is 12.7 Å². The molecule has 0 atom stereocenters. The fraction of sp³-hybridized carbons (Fsp3) is 0.167. The molecule has 0 saturated carbocycles. The molecule has 0 aliphatic heterocycles. The molecule has 0 spiro atoms. The van der Waals surface area contributed by atoms with Gasteiger partial charge in [-0.3, -0.25) is 0 Å². The van der Waals surface area contributed by atoms with Crippen molar-refractivity contribution in [3.63, 3.8) is 0 Å². The van der Waals surface area contributed by atoms with E-state index in [0.717, 1.165) is 6.07 Å². The molecule has 1 aromatic heterocycles. The van der Waals surface area contributed by atoms with E-state index in [1.165, 1.54) is 18.2 Å². The van der Waals surface area contributed by atoms with Gasteiger partial charge in [0.05, 0.1) is 0 Å². The van der Waals surface area contributed by atoms with Crippen molar-refractivity contribution >= 4 is 17.4 Å². The highest BCUT2D eigenvalue weighted by Crippen LogP contribution is 2.29. The fourth-order valence-corrected chi connectivity index (χ4v) is 1.68. The van der Waals surface area contributed by atoms with Gasteiger partial charge in [-0.25, -0.2) is 14.4 Å². The van der Waals surface area contributed by atoms with E-state index in [1.807, 2.05) is 0 Å². The molecule has 0 aliphatic rings. The second kappa shape index (κ2) is 5.62. The second-order valence-corrected chi connectivity index (χ2v) is 4.23. The second-order valence-electron chi connectivity index (χ2n) is 3.89. The van der Waals surface area contributed by atoms with E-state index >= 15 is 0 Å². The third kappa shape index (κ3) is 3.80. The van der Waals surface area contributed by atoms with Crippen LogP contribution in [0.2, 0.25) is 5.28 Å². The molecular weight excluding hydrogens is 298 g/mol. The molecule has 0 unspecified atom stereocenters. The summed E-state index contributed by atoms with van der Waals surface area (Å²) in [7, 11) is 0. The molecule has 0 aliphatic carbocycles. The standard InChI is InChI=1S/C12H8ClF4N3/c13-11-19-9(12(15,16)17)5-10(20-11)18-6-7-2-1-3-8(14)4-7/h1-5H,6H2,(H,18,19,20). The SMILES string of the molecule is Fc1cccc(CNc2cc(C(F)(F)F)nc(Cl)n2)c1. The molecule has 1 N–H and O–H groups in total. The summed E-state index contributed by atoms with van der Waals surface area (Å²) < 4.78 is 50.6. The van der Waals surface area contributed by atoms with E-state index in [-0.39, 0.29) is 12.4 Å². The Labute approximate surface area is 116 Å². The number of rotatable bonds is 3. The number of alkyl halides is 3. The van der Waals surface area contributed by atoms with Gasteiger partial charge in [0.2, 0.25) is 5.28 Å². The number of nitrogens with one attached hydrogen (secondary N) is 1. The van der Waals surface area contributed by atoms with Crippen LogP contribution in [0.5, 0.6) is 0 Å². The number of hydrogen-bond acceptors (Lipinski definition) is 3. The van der Waals surface area contributed by atoms with Crippen LogP contribution < -0.4 is 5.32 Å². The zero-order chi connectivity index (χ0) is 14.8. The van der Waals surface area contributed by atoms with Crippen LogP contribution in [0.15, 0.2) is 30.3 Å². The van der Waals surface area contributed by atoms with Gasteiger partial charge in [-0.05, 0) is 29.3 Å². The van der Waals surface area contributed by atoms with E-state index in [9.17, 15) is 17.6 Å². The van der Waals surface area contributed by atoms with E-state index < -0.39 is 23.0 Å². The molecule has 0 radical (unpaired) electrons. The summed E-state index contributed by atoms with van der Waals surface area (Å²) in [4.78, 5) is 6.74. The van der Waals surface area contributed by atoms with Gasteiger partial charge in [0, 0.05) is 12.6 Å². The monoisotopic (exact) mass is 305 g/mol. The van der Waals surface area contributed by atoms with Crippen LogP contribution in [0.1, 0.15) is 11.3 Å². The van der Waals surface area contributed by atoms with Gasteiger partial charge in [0.1, 0.15) is 11.6 Å². The molecule has 2 aromatic rings. The molecular formula is C12H8ClF4N3. The van der Waals surface area contributed by atoms with Crippen LogP contribution >= 0.6 is 11.6 Å².